The fraction of sp³-hybridized carbons (Fsp3) is 0.0323. The Kier molecular flexibility index (Phi) is 7.00. The van der Waals surface area contributed by atoms with E-state index in [0.29, 0.717) is 23.0 Å². The summed E-state index contributed by atoms with van der Waals surface area (Å²) in [6, 6.07) is 0. The molecular weight excluding hydrogens is 404 g/mol. The minimum atomic E-state index is 0.629. The lowest BCUT2D eigenvalue weighted by Gasteiger charge is -2.23. The van der Waals surface area contributed by atoms with Crippen molar-refractivity contribution in [2.75, 3.05) is 0 Å². The van der Waals surface area contributed by atoms with Crippen LogP contribution in [-0.2, 0) is 0 Å². The molecular formula is C31H28O2. The summed E-state index contributed by atoms with van der Waals surface area (Å²) in [6.45, 7) is 29.8. The summed E-state index contributed by atoms with van der Waals surface area (Å²) in [5.41, 5.74) is 7.20. The Morgan fingerprint density at radius 3 is 0.970 bits per heavy atom. The molecule has 0 unspecified atom stereocenters. The quantitative estimate of drug-likeness (QED) is 0.436. The third-order valence-electron chi connectivity index (χ3n) is 5.47. The van der Waals surface area contributed by atoms with Crippen molar-refractivity contribution in [3.8, 4) is 0 Å². The molecule has 0 saturated heterocycles. The molecule has 2 aromatic rings. The van der Waals surface area contributed by atoms with Crippen LogP contribution in [0.2, 0.25) is 0 Å². The molecule has 1 aliphatic rings. The first-order valence-electron chi connectivity index (χ1n) is 10.6. The molecule has 3 rings (SSSR count). The highest BCUT2D eigenvalue weighted by Gasteiger charge is 2.34. The fourth-order valence-corrected chi connectivity index (χ4v) is 4.29. The third kappa shape index (κ3) is 3.66. The minimum absolute atomic E-state index is 0.629. The summed E-state index contributed by atoms with van der Waals surface area (Å²) in [6.07, 6.45) is 20.0. The average molecular weight is 433 g/mol. The van der Waals surface area contributed by atoms with Gasteiger partial charge in [0, 0.05) is 22.3 Å². The second-order valence-electron chi connectivity index (χ2n) is 7.13. The van der Waals surface area contributed by atoms with Crippen molar-refractivity contribution in [3.63, 3.8) is 0 Å². The first kappa shape index (κ1) is 23.4. The maximum absolute atomic E-state index is 6.21. The highest BCUT2D eigenvalue weighted by atomic mass is 16.3. The molecule has 0 spiro atoms. The van der Waals surface area contributed by atoms with E-state index in [1.165, 1.54) is 0 Å². The van der Waals surface area contributed by atoms with Gasteiger partial charge < -0.3 is 8.83 Å². The number of hydrogen-bond acceptors (Lipinski definition) is 2. The molecule has 2 aromatic heterocycles. The second-order valence-corrected chi connectivity index (χ2v) is 7.13. The van der Waals surface area contributed by atoms with Gasteiger partial charge in [0.2, 0.25) is 0 Å². The van der Waals surface area contributed by atoms with Crippen LogP contribution in [-0.4, -0.2) is 0 Å². The van der Waals surface area contributed by atoms with E-state index in [-0.39, 0.29) is 0 Å². The fourth-order valence-electron chi connectivity index (χ4n) is 4.29. The van der Waals surface area contributed by atoms with Gasteiger partial charge in [0.05, 0.1) is 0 Å². The summed E-state index contributed by atoms with van der Waals surface area (Å²) >= 11 is 0. The molecule has 0 amide bonds. The predicted molar refractivity (Wildman–Crippen MR) is 146 cm³/mol. The predicted octanol–water partition coefficient (Wildman–Crippen LogP) is 9.27. The van der Waals surface area contributed by atoms with Crippen molar-refractivity contribution in [3.05, 3.63) is 134 Å². The second kappa shape index (κ2) is 9.88. The van der Waals surface area contributed by atoms with E-state index in [1.54, 1.807) is 42.5 Å². The highest BCUT2D eigenvalue weighted by Crippen LogP contribution is 2.52. The Balaban J connectivity index is 2.73. The zero-order chi connectivity index (χ0) is 24.1. The molecule has 0 radical (unpaired) electrons. The van der Waals surface area contributed by atoms with Crippen molar-refractivity contribution < 1.29 is 8.83 Å². The lowest BCUT2D eigenvalue weighted by molar-refractivity contribution is 0.545. The molecule has 2 nitrogen and oxygen atoms in total. The lowest BCUT2D eigenvalue weighted by atomic mass is 9.77. The van der Waals surface area contributed by atoms with E-state index in [2.05, 4.69) is 52.1 Å². The van der Waals surface area contributed by atoms with E-state index >= 15 is 0 Å². The van der Waals surface area contributed by atoms with Crippen molar-refractivity contribution >= 4 is 46.6 Å². The number of furan rings is 2. The van der Waals surface area contributed by atoms with Gasteiger partial charge in [0.25, 0.3) is 0 Å². The average Bonchev–Trinajstić information content (AvgIpc) is 3.38. The molecule has 164 valence electrons. The van der Waals surface area contributed by atoms with Crippen LogP contribution in [0.1, 0.15) is 52.2 Å². The van der Waals surface area contributed by atoms with Crippen molar-refractivity contribution in [2.24, 2.45) is 0 Å². The summed E-state index contributed by atoms with van der Waals surface area (Å²) in [5.74, 6) is 2.55. The van der Waals surface area contributed by atoms with Gasteiger partial charge in [0.1, 0.15) is 23.0 Å². The Bertz CT molecular complexity index is 1320. The number of hydrogen-bond donors (Lipinski definition) is 0. The molecule has 0 aliphatic heterocycles. The van der Waals surface area contributed by atoms with Crippen LogP contribution < -0.4 is 0 Å². The number of fused-ring (bicyclic) bond motifs is 2. The lowest BCUT2D eigenvalue weighted by Crippen LogP contribution is -2.05. The van der Waals surface area contributed by atoms with Gasteiger partial charge >= 0.3 is 0 Å². The molecule has 1 aliphatic carbocycles. The van der Waals surface area contributed by atoms with Gasteiger partial charge in [0.15, 0.2) is 0 Å². The number of rotatable bonds is 7. The topological polar surface area (TPSA) is 26.3 Å². The van der Waals surface area contributed by atoms with Crippen LogP contribution in [0, 0.1) is 0 Å². The zero-order valence-electron chi connectivity index (χ0n) is 19.1. The maximum Gasteiger partial charge on any atom is 0.135 e. The van der Waals surface area contributed by atoms with E-state index in [4.69, 9.17) is 8.83 Å². The normalized spacial score (nSPS) is 17.7. The summed E-state index contributed by atoms with van der Waals surface area (Å²) in [4.78, 5) is 0. The van der Waals surface area contributed by atoms with Gasteiger partial charge in [-0.25, -0.2) is 0 Å². The minimum Gasteiger partial charge on any atom is -0.456 e. The van der Waals surface area contributed by atoms with E-state index in [9.17, 15) is 0 Å². The molecule has 33 heavy (non-hydrogen) atoms. The van der Waals surface area contributed by atoms with Crippen LogP contribution in [0.5, 0.6) is 0 Å². The first-order valence-corrected chi connectivity index (χ1v) is 10.6. The smallest absolute Gasteiger partial charge is 0.135 e. The van der Waals surface area contributed by atoms with E-state index in [0.717, 1.165) is 44.5 Å². The van der Waals surface area contributed by atoms with Gasteiger partial charge in [-0.05, 0) is 53.5 Å². The van der Waals surface area contributed by atoms with Crippen molar-refractivity contribution in [1.82, 2.24) is 0 Å². The van der Waals surface area contributed by atoms with Crippen molar-refractivity contribution in [1.29, 1.82) is 0 Å². The standard InChI is InChI=1S/C31H28O2/c1-9-17-21-20(12-4)28-24(13-5)32-26(15-7)30(28)22(18-10-2)23(19-11-3)31-27(16-8)33-25(14-6)29(21)31/h9-19H,1-3,5-8H2,4H3/b20-12-,21-17-,22-18?,23-19-. The van der Waals surface area contributed by atoms with Crippen LogP contribution >= 0.6 is 0 Å². The highest BCUT2D eigenvalue weighted by molar-refractivity contribution is 6.20. The van der Waals surface area contributed by atoms with Crippen LogP contribution in [0.4, 0.5) is 0 Å². The SMILES string of the molecule is C=CC=C1/C(=C/C=C)c2c(C=C)oc(C=C)c2C(=C\C=C)/C(=C/C)c2c(C=C)oc(C=C)c21. The zero-order valence-corrected chi connectivity index (χ0v) is 19.1. The number of allylic oxidation sites excluding steroid dienone is 11. The Hall–Kier alpha value is -4.30. The first-order chi connectivity index (χ1) is 16.1. The van der Waals surface area contributed by atoms with Crippen LogP contribution in [0.15, 0.2) is 97.4 Å². The van der Waals surface area contributed by atoms with Crippen molar-refractivity contribution in [2.45, 2.75) is 6.92 Å². The Morgan fingerprint density at radius 2 is 0.727 bits per heavy atom. The van der Waals surface area contributed by atoms with Gasteiger partial charge in [-0.15, -0.1) is 0 Å². The Morgan fingerprint density at radius 1 is 0.455 bits per heavy atom. The summed E-state index contributed by atoms with van der Waals surface area (Å²) in [5, 5.41) is 0. The third-order valence-corrected chi connectivity index (χ3v) is 5.47. The maximum atomic E-state index is 6.21. The molecule has 2 heterocycles. The molecule has 0 atom stereocenters. The molecule has 0 N–H and O–H groups in total. The van der Waals surface area contributed by atoms with Gasteiger partial charge in [-0.1, -0.05) is 88.6 Å². The molecule has 2 heteroatoms. The van der Waals surface area contributed by atoms with Gasteiger partial charge in [-0.2, -0.15) is 0 Å². The largest absolute Gasteiger partial charge is 0.456 e. The molecule has 0 bridgehead atoms. The summed E-state index contributed by atoms with van der Waals surface area (Å²) in [7, 11) is 0. The van der Waals surface area contributed by atoms with Gasteiger partial charge in [-0.3, -0.25) is 0 Å². The summed E-state index contributed by atoms with van der Waals surface area (Å²) < 4.78 is 12.4. The van der Waals surface area contributed by atoms with Crippen LogP contribution in [0.25, 0.3) is 46.6 Å². The monoisotopic (exact) mass is 432 g/mol. The van der Waals surface area contributed by atoms with Crippen LogP contribution in [0.3, 0.4) is 0 Å². The molecule has 0 aromatic carbocycles. The van der Waals surface area contributed by atoms with E-state index in [1.807, 2.05) is 25.2 Å². The molecule has 0 fully saturated rings. The van der Waals surface area contributed by atoms with E-state index < -0.39 is 0 Å². The Labute approximate surface area is 196 Å². The molecule has 0 saturated carbocycles.